The lowest BCUT2D eigenvalue weighted by atomic mass is 9.94. The molecule has 1 aliphatic rings. The molecule has 1 atom stereocenters. The van der Waals surface area contributed by atoms with Crippen LogP contribution in [0.5, 0.6) is 5.75 Å². The van der Waals surface area contributed by atoms with E-state index >= 15 is 0 Å². The van der Waals surface area contributed by atoms with Crippen LogP contribution in [0.2, 0.25) is 0 Å². The van der Waals surface area contributed by atoms with E-state index in [1.165, 1.54) is 18.2 Å². The van der Waals surface area contributed by atoms with E-state index < -0.39 is 11.9 Å². The molecule has 2 N–H and O–H groups in total. The molecule has 1 aromatic rings. The van der Waals surface area contributed by atoms with Gasteiger partial charge in [0.15, 0.2) is 0 Å². The molecule has 7 heteroatoms. The van der Waals surface area contributed by atoms with Crippen molar-refractivity contribution in [2.45, 2.75) is 100 Å². The van der Waals surface area contributed by atoms with Crippen LogP contribution in [0.3, 0.4) is 0 Å². The zero-order valence-corrected chi connectivity index (χ0v) is 22.8. The lowest BCUT2D eigenvalue weighted by Crippen LogP contribution is -2.45. The molecule has 0 saturated heterocycles. The fourth-order valence-corrected chi connectivity index (χ4v) is 3.18. The highest BCUT2D eigenvalue weighted by Crippen LogP contribution is 2.38. The molecule has 182 valence electrons. The molecule has 1 unspecified atom stereocenters. The van der Waals surface area contributed by atoms with Gasteiger partial charge in [-0.2, -0.15) is 0 Å². The van der Waals surface area contributed by atoms with Crippen LogP contribution in [-0.2, 0) is 16.1 Å². The number of nitrogens with two attached hydrogens (primary N) is 1. The number of Topliss-reactive ketones (excluding diaryl/α,β-unsaturated/α-hetero) is 1. The van der Waals surface area contributed by atoms with Crippen LogP contribution in [0.4, 0.5) is 0 Å². The first-order valence-corrected chi connectivity index (χ1v) is 12.2. The Labute approximate surface area is 202 Å². The maximum atomic E-state index is 12.9. The minimum absolute atomic E-state index is 0.0445. The molecule has 0 spiro atoms. The molecule has 1 heterocycles. The molecule has 1 aromatic carbocycles. The number of nitrogens with zero attached hydrogens (tertiary/aromatic N) is 1. The van der Waals surface area contributed by atoms with E-state index in [1.807, 2.05) is 39.8 Å². The van der Waals surface area contributed by atoms with Crippen molar-refractivity contribution in [3.05, 3.63) is 27.7 Å². The predicted molar refractivity (Wildman–Crippen MR) is 134 cm³/mol. The Morgan fingerprint density at radius 3 is 2.16 bits per heavy atom. The van der Waals surface area contributed by atoms with E-state index in [4.69, 9.17) is 10.5 Å². The van der Waals surface area contributed by atoms with Gasteiger partial charge in [0.05, 0.1) is 16.1 Å². The summed E-state index contributed by atoms with van der Waals surface area (Å²) in [6.07, 6.45) is 1.60. The molecule has 0 fully saturated rings. The number of benzene rings is 1. The van der Waals surface area contributed by atoms with E-state index in [9.17, 15) is 14.4 Å². The number of hydrogen-bond acceptors (Lipinski definition) is 4. The van der Waals surface area contributed by atoms with Gasteiger partial charge in [0.25, 0.3) is 5.91 Å². The van der Waals surface area contributed by atoms with Gasteiger partial charge in [0, 0.05) is 13.0 Å². The third-order valence-corrected chi connectivity index (χ3v) is 5.52. The van der Waals surface area contributed by atoms with Crippen LogP contribution in [0.15, 0.2) is 16.6 Å². The van der Waals surface area contributed by atoms with Crippen molar-refractivity contribution < 1.29 is 19.1 Å². The van der Waals surface area contributed by atoms with Crippen LogP contribution in [-0.4, -0.2) is 34.6 Å². The fourth-order valence-electron chi connectivity index (χ4n) is 2.76. The number of primary amides is 1. The van der Waals surface area contributed by atoms with Crippen molar-refractivity contribution in [2.24, 2.45) is 11.1 Å². The highest BCUT2D eigenvalue weighted by molar-refractivity contribution is 9.10. The standard InChI is InChI=1S/C17H21BrN2O4.C6H14.C2H6/c1-9(2)24-15-12(18)6-5-11-8-20(17(23)14(11)15)13(16(19)22)7-4-10(3)21;1-5-6(2,3)4;1-2/h5-6,9,13H,4,7-8H2,1-3H3,(H2,19,22);5H2,1-4H3;1-2H3. The molecule has 2 rings (SSSR count). The fraction of sp³-hybridized carbons (Fsp3) is 0.640. The highest BCUT2D eigenvalue weighted by Gasteiger charge is 2.38. The van der Waals surface area contributed by atoms with Gasteiger partial charge in [-0.25, -0.2) is 0 Å². The number of fused-ring (bicyclic) bond motifs is 1. The third-order valence-electron chi connectivity index (χ3n) is 4.90. The maximum absolute atomic E-state index is 12.9. The number of ether oxygens (including phenoxy) is 1. The quantitative estimate of drug-likeness (QED) is 0.493. The number of halogens is 1. The van der Waals surface area contributed by atoms with Crippen molar-refractivity contribution in [1.29, 1.82) is 0 Å². The number of amides is 2. The highest BCUT2D eigenvalue weighted by atomic mass is 79.9. The second-order valence-electron chi connectivity index (χ2n) is 9.08. The molecule has 2 amide bonds. The van der Waals surface area contributed by atoms with E-state index in [1.54, 1.807) is 0 Å². The molecule has 0 aliphatic carbocycles. The van der Waals surface area contributed by atoms with Crippen LogP contribution in [0.1, 0.15) is 97.5 Å². The van der Waals surface area contributed by atoms with Crippen LogP contribution in [0, 0.1) is 5.41 Å². The Balaban J connectivity index is 0.00000104. The Morgan fingerprint density at radius 1 is 1.22 bits per heavy atom. The van der Waals surface area contributed by atoms with Gasteiger partial charge < -0.3 is 20.2 Å². The average molecular weight is 514 g/mol. The first-order chi connectivity index (χ1) is 14.8. The van der Waals surface area contributed by atoms with Crippen molar-refractivity contribution >= 4 is 33.5 Å². The summed E-state index contributed by atoms with van der Waals surface area (Å²) >= 11 is 3.41. The zero-order chi connectivity index (χ0) is 25.2. The Kier molecular flexibility index (Phi) is 12.8. The molecule has 0 radical (unpaired) electrons. The lowest BCUT2D eigenvalue weighted by molar-refractivity contribution is -0.123. The lowest BCUT2D eigenvalue weighted by Gasteiger charge is -2.25. The summed E-state index contributed by atoms with van der Waals surface area (Å²) < 4.78 is 6.47. The second-order valence-corrected chi connectivity index (χ2v) is 9.94. The minimum atomic E-state index is -0.806. The first-order valence-electron chi connectivity index (χ1n) is 11.4. The molecular weight excluding hydrogens is 472 g/mol. The van der Waals surface area contributed by atoms with Gasteiger partial charge in [-0.05, 0) is 60.2 Å². The van der Waals surface area contributed by atoms with Gasteiger partial charge in [0.2, 0.25) is 5.91 Å². The maximum Gasteiger partial charge on any atom is 0.259 e. The second kappa shape index (κ2) is 13.6. The molecule has 0 bridgehead atoms. The SMILES string of the molecule is CC.CC(=O)CCC(C(N)=O)N1Cc2ccc(Br)c(OC(C)C)c2C1=O.CCC(C)(C)C. The zero-order valence-electron chi connectivity index (χ0n) is 21.2. The summed E-state index contributed by atoms with van der Waals surface area (Å²) in [5, 5.41) is 0. The van der Waals surface area contributed by atoms with Gasteiger partial charge >= 0.3 is 0 Å². The number of carbonyl (C=O) groups excluding carboxylic acids is 3. The molecule has 0 saturated carbocycles. The van der Waals surface area contributed by atoms with E-state index in [0.717, 1.165) is 5.56 Å². The summed E-state index contributed by atoms with van der Waals surface area (Å²) in [6.45, 7) is 18.4. The predicted octanol–water partition coefficient (Wildman–Crippen LogP) is 5.88. The monoisotopic (exact) mass is 512 g/mol. The Morgan fingerprint density at radius 2 is 1.75 bits per heavy atom. The van der Waals surface area contributed by atoms with E-state index in [2.05, 4.69) is 43.6 Å². The van der Waals surface area contributed by atoms with Gasteiger partial charge in [-0.15, -0.1) is 0 Å². The Hall–Kier alpha value is -1.89. The summed E-state index contributed by atoms with van der Waals surface area (Å²) in [5.74, 6) is -0.473. The van der Waals surface area contributed by atoms with Crippen molar-refractivity contribution in [1.82, 2.24) is 4.90 Å². The number of hydrogen-bond donors (Lipinski definition) is 1. The molecule has 1 aliphatic heterocycles. The summed E-state index contributed by atoms with van der Waals surface area (Å²) in [7, 11) is 0. The molecule has 6 nitrogen and oxygen atoms in total. The molecule has 0 aromatic heterocycles. The first kappa shape index (κ1) is 30.1. The topological polar surface area (TPSA) is 89.7 Å². The van der Waals surface area contributed by atoms with Gasteiger partial charge in [-0.3, -0.25) is 9.59 Å². The summed E-state index contributed by atoms with van der Waals surface area (Å²) in [6, 6.07) is 2.84. The average Bonchev–Trinajstić information content (AvgIpc) is 3.02. The Bertz CT molecular complexity index is 785. The number of ketones is 1. The van der Waals surface area contributed by atoms with Crippen molar-refractivity contribution in [3.63, 3.8) is 0 Å². The summed E-state index contributed by atoms with van der Waals surface area (Å²) in [4.78, 5) is 37.3. The summed E-state index contributed by atoms with van der Waals surface area (Å²) in [5.41, 5.74) is 7.24. The van der Waals surface area contributed by atoms with Crippen LogP contribution < -0.4 is 10.5 Å². The van der Waals surface area contributed by atoms with E-state index in [0.29, 0.717) is 21.2 Å². The smallest absolute Gasteiger partial charge is 0.259 e. The number of rotatable bonds is 7. The number of carbonyl (C=O) groups is 3. The van der Waals surface area contributed by atoms with Crippen molar-refractivity contribution in [3.8, 4) is 5.75 Å². The third kappa shape index (κ3) is 9.31. The normalized spacial score (nSPS) is 13.5. The van der Waals surface area contributed by atoms with Crippen LogP contribution >= 0.6 is 15.9 Å². The van der Waals surface area contributed by atoms with Gasteiger partial charge in [-0.1, -0.05) is 54.0 Å². The van der Waals surface area contributed by atoms with Crippen molar-refractivity contribution in [2.75, 3.05) is 0 Å². The molecule has 32 heavy (non-hydrogen) atoms. The van der Waals surface area contributed by atoms with Crippen LogP contribution in [0.25, 0.3) is 0 Å². The largest absolute Gasteiger partial charge is 0.489 e. The minimum Gasteiger partial charge on any atom is -0.489 e. The van der Waals surface area contributed by atoms with Gasteiger partial charge in [0.1, 0.15) is 17.6 Å². The van der Waals surface area contributed by atoms with E-state index in [-0.39, 0.29) is 37.2 Å². The molecular formula is C25H41BrN2O4.